The summed E-state index contributed by atoms with van der Waals surface area (Å²) in [7, 11) is -4.02. The van der Waals surface area contributed by atoms with E-state index in [2.05, 4.69) is 13.8 Å². The van der Waals surface area contributed by atoms with E-state index < -0.39 is 10.1 Å². The third-order valence-corrected chi connectivity index (χ3v) is 2.89. The molecule has 92 valence electrons. The van der Waals surface area contributed by atoms with Crippen molar-refractivity contribution in [1.29, 1.82) is 0 Å². The van der Waals surface area contributed by atoms with Gasteiger partial charge in [0, 0.05) is 0 Å². The molecule has 1 aromatic rings. The quantitative estimate of drug-likeness (QED) is 0.829. The summed E-state index contributed by atoms with van der Waals surface area (Å²) in [6.07, 6.45) is 4.08. The van der Waals surface area contributed by atoms with E-state index >= 15 is 0 Å². The third-order valence-electron chi connectivity index (χ3n) is 2.03. The summed E-state index contributed by atoms with van der Waals surface area (Å²) in [5.41, 5.74) is 0.956. The van der Waals surface area contributed by atoms with Gasteiger partial charge in [-0.2, -0.15) is 8.42 Å². The lowest BCUT2D eigenvalue weighted by atomic mass is 10.2. The molecule has 0 fully saturated rings. The highest BCUT2D eigenvalue weighted by Gasteiger charge is 2.06. The van der Waals surface area contributed by atoms with Crippen molar-refractivity contribution in [1.82, 2.24) is 0 Å². The highest BCUT2D eigenvalue weighted by molar-refractivity contribution is 7.85. The number of rotatable bonds is 3. The van der Waals surface area contributed by atoms with Gasteiger partial charge in [-0.3, -0.25) is 4.55 Å². The van der Waals surface area contributed by atoms with Gasteiger partial charge in [-0.05, 0) is 19.1 Å². The molecule has 1 rings (SSSR count). The monoisotopic (exact) mass is 244 g/mol. The van der Waals surface area contributed by atoms with Crippen molar-refractivity contribution in [2.75, 3.05) is 0 Å². The maximum Gasteiger partial charge on any atom is 0.294 e. The highest BCUT2D eigenvalue weighted by atomic mass is 32.2. The normalized spacial score (nSPS) is 10.5. The Hall–Kier alpha value is -0.870. The molecule has 0 aromatic heterocycles. The Kier molecular flexibility index (Phi) is 7.01. The van der Waals surface area contributed by atoms with Crippen LogP contribution in [0.2, 0.25) is 0 Å². The first kappa shape index (κ1) is 15.1. The van der Waals surface area contributed by atoms with Crippen molar-refractivity contribution in [3.8, 4) is 0 Å². The average Bonchev–Trinajstić information content (AvgIpc) is 2.19. The van der Waals surface area contributed by atoms with E-state index in [-0.39, 0.29) is 4.90 Å². The van der Waals surface area contributed by atoms with Gasteiger partial charge < -0.3 is 0 Å². The van der Waals surface area contributed by atoms with Crippen LogP contribution in [0.4, 0.5) is 0 Å². The van der Waals surface area contributed by atoms with Crippen LogP contribution < -0.4 is 0 Å². The molecule has 1 N–H and O–H groups in total. The van der Waals surface area contributed by atoms with E-state index in [0.717, 1.165) is 5.56 Å². The minimum absolute atomic E-state index is 0.0666. The minimum atomic E-state index is -4.02. The van der Waals surface area contributed by atoms with E-state index in [4.69, 9.17) is 4.55 Å². The van der Waals surface area contributed by atoms with Crippen LogP contribution in [0.1, 0.15) is 38.7 Å². The molecule has 16 heavy (non-hydrogen) atoms. The third kappa shape index (κ3) is 6.58. The molecule has 0 heterocycles. The fourth-order valence-electron chi connectivity index (χ4n) is 1.06. The van der Waals surface area contributed by atoms with Gasteiger partial charge in [-0.25, -0.2) is 0 Å². The summed E-state index contributed by atoms with van der Waals surface area (Å²) in [5, 5.41) is 0. The van der Waals surface area contributed by atoms with E-state index in [1.54, 1.807) is 12.1 Å². The Morgan fingerprint density at radius 3 is 1.75 bits per heavy atom. The molecule has 0 bridgehead atoms. The Bertz CT molecular complexity index is 377. The molecule has 0 saturated carbocycles. The molecule has 1 aromatic carbocycles. The molecule has 0 aliphatic carbocycles. The van der Waals surface area contributed by atoms with Crippen LogP contribution in [-0.4, -0.2) is 13.0 Å². The van der Waals surface area contributed by atoms with Gasteiger partial charge >= 0.3 is 0 Å². The Morgan fingerprint density at radius 1 is 1.06 bits per heavy atom. The van der Waals surface area contributed by atoms with Gasteiger partial charge in [0.25, 0.3) is 10.1 Å². The maximum atomic E-state index is 10.5. The lowest BCUT2D eigenvalue weighted by molar-refractivity contribution is 0.483. The van der Waals surface area contributed by atoms with Crippen LogP contribution in [0.25, 0.3) is 0 Å². The zero-order valence-electron chi connectivity index (χ0n) is 10.1. The molecule has 0 aliphatic heterocycles. The molecule has 0 amide bonds. The molecule has 0 saturated heterocycles. The summed E-state index contributed by atoms with van der Waals surface area (Å²) in [5.74, 6) is 0. The average molecular weight is 244 g/mol. The fraction of sp³-hybridized carbons (Fsp3) is 0.500. The second-order valence-electron chi connectivity index (χ2n) is 3.64. The smallest absolute Gasteiger partial charge is 0.282 e. The highest BCUT2D eigenvalue weighted by Crippen LogP contribution is 2.08. The van der Waals surface area contributed by atoms with Crippen molar-refractivity contribution in [3.63, 3.8) is 0 Å². The lowest BCUT2D eigenvalue weighted by Crippen LogP contribution is -1.96. The number of unbranched alkanes of at least 4 members (excludes halogenated alkanes) is 2. The Balaban J connectivity index is 0.000000385. The largest absolute Gasteiger partial charge is 0.294 e. The SMILES string of the molecule is CCCCC.Cc1ccc(S(=O)(=O)O)cc1. The van der Waals surface area contributed by atoms with E-state index in [1.807, 2.05) is 6.92 Å². The van der Waals surface area contributed by atoms with Crippen LogP contribution >= 0.6 is 0 Å². The second kappa shape index (κ2) is 7.41. The van der Waals surface area contributed by atoms with Crippen LogP contribution in [0.5, 0.6) is 0 Å². The standard InChI is InChI=1S/C7H8O3S.C5H12/c1-6-2-4-7(5-3-6)11(8,9)10;1-3-5-4-2/h2-5H,1H3,(H,8,9,10);3-5H2,1-2H3. The van der Waals surface area contributed by atoms with Gasteiger partial charge in [0.05, 0.1) is 4.90 Å². The first-order valence-electron chi connectivity index (χ1n) is 5.46. The summed E-state index contributed by atoms with van der Waals surface area (Å²) >= 11 is 0. The van der Waals surface area contributed by atoms with Crippen LogP contribution in [-0.2, 0) is 10.1 Å². The van der Waals surface area contributed by atoms with Gasteiger partial charge in [-0.15, -0.1) is 0 Å². The summed E-state index contributed by atoms with van der Waals surface area (Å²) in [4.78, 5) is -0.0666. The summed E-state index contributed by atoms with van der Waals surface area (Å²) in [6, 6.07) is 5.99. The van der Waals surface area contributed by atoms with Crippen molar-refractivity contribution in [2.45, 2.75) is 44.9 Å². The molecule has 0 spiro atoms. The second-order valence-corrected chi connectivity index (χ2v) is 5.06. The molecular formula is C12H20O3S. The first-order chi connectivity index (χ1) is 7.41. The molecule has 3 nitrogen and oxygen atoms in total. The van der Waals surface area contributed by atoms with Crippen molar-refractivity contribution in [2.24, 2.45) is 0 Å². The van der Waals surface area contributed by atoms with E-state index in [0.29, 0.717) is 0 Å². The van der Waals surface area contributed by atoms with Crippen molar-refractivity contribution < 1.29 is 13.0 Å². The van der Waals surface area contributed by atoms with Gasteiger partial charge in [0.1, 0.15) is 0 Å². The molecular weight excluding hydrogens is 224 g/mol. The van der Waals surface area contributed by atoms with E-state index in [1.165, 1.54) is 31.4 Å². The zero-order valence-corrected chi connectivity index (χ0v) is 10.9. The van der Waals surface area contributed by atoms with Crippen LogP contribution in [0.3, 0.4) is 0 Å². The molecule has 0 radical (unpaired) electrons. The first-order valence-corrected chi connectivity index (χ1v) is 6.90. The number of benzene rings is 1. The molecule has 4 heteroatoms. The molecule has 0 atom stereocenters. The zero-order chi connectivity index (χ0) is 12.6. The molecule has 0 unspecified atom stereocenters. The van der Waals surface area contributed by atoms with Gasteiger partial charge in [0.2, 0.25) is 0 Å². The number of hydrogen-bond acceptors (Lipinski definition) is 2. The summed E-state index contributed by atoms with van der Waals surface area (Å²) < 4.78 is 29.6. The van der Waals surface area contributed by atoms with Crippen molar-refractivity contribution >= 4 is 10.1 Å². The van der Waals surface area contributed by atoms with Crippen LogP contribution in [0, 0.1) is 6.92 Å². The van der Waals surface area contributed by atoms with E-state index in [9.17, 15) is 8.42 Å². The number of hydrogen-bond donors (Lipinski definition) is 1. The van der Waals surface area contributed by atoms with Crippen LogP contribution in [0.15, 0.2) is 29.2 Å². The minimum Gasteiger partial charge on any atom is -0.282 e. The summed E-state index contributed by atoms with van der Waals surface area (Å²) in [6.45, 7) is 6.26. The van der Waals surface area contributed by atoms with Crippen molar-refractivity contribution in [3.05, 3.63) is 29.8 Å². The molecule has 0 aliphatic rings. The predicted molar refractivity (Wildman–Crippen MR) is 66.2 cm³/mol. The topological polar surface area (TPSA) is 54.4 Å². The Labute approximate surface area is 98.3 Å². The lowest BCUT2D eigenvalue weighted by Gasteiger charge is -1.95. The van der Waals surface area contributed by atoms with Gasteiger partial charge in [0.15, 0.2) is 0 Å². The predicted octanol–water partition coefficient (Wildman–Crippen LogP) is 3.44. The van der Waals surface area contributed by atoms with Gasteiger partial charge in [-0.1, -0.05) is 50.8 Å². The Morgan fingerprint density at radius 2 is 1.50 bits per heavy atom. The fourth-order valence-corrected chi connectivity index (χ4v) is 1.54. The number of aryl methyl sites for hydroxylation is 1. The maximum absolute atomic E-state index is 10.5.